The minimum Gasteiger partial charge on any atom is -0.481 e. The van der Waals surface area contributed by atoms with Crippen molar-refractivity contribution < 1.29 is 19.5 Å². The van der Waals surface area contributed by atoms with Crippen LogP contribution in [0.1, 0.15) is 25.7 Å². The number of carbonyl (C=O) groups excluding carboxylic acids is 2. The van der Waals surface area contributed by atoms with Crippen LogP contribution < -0.4 is 16.0 Å². The van der Waals surface area contributed by atoms with Crippen LogP contribution in [0.4, 0.5) is 16.2 Å². The lowest BCUT2D eigenvalue weighted by molar-refractivity contribution is -0.143. The van der Waals surface area contributed by atoms with E-state index in [2.05, 4.69) is 16.0 Å². The van der Waals surface area contributed by atoms with Crippen molar-refractivity contribution in [2.24, 2.45) is 11.8 Å². The van der Waals surface area contributed by atoms with E-state index in [1.54, 1.807) is 24.3 Å². The van der Waals surface area contributed by atoms with Crippen LogP contribution in [0, 0.1) is 11.8 Å². The molecule has 4 N–H and O–H groups in total. The van der Waals surface area contributed by atoms with Crippen molar-refractivity contribution >= 4 is 29.3 Å². The first-order valence-electron chi connectivity index (χ1n) is 7.62. The average Bonchev–Trinajstić information content (AvgIpc) is 2.55. The van der Waals surface area contributed by atoms with Gasteiger partial charge in [-0.3, -0.25) is 9.59 Å². The molecule has 2 rings (SSSR count). The summed E-state index contributed by atoms with van der Waals surface area (Å²) in [7, 11) is 1.52. The van der Waals surface area contributed by atoms with E-state index in [0.29, 0.717) is 30.6 Å². The summed E-state index contributed by atoms with van der Waals surface area (Å²) >= 11 is 0. The topological polar surface area (TPSA) is 108 Å². The monoisotopic (exact) mass is 319 g/mol. The van der Waals surface area contributed by atoms with Gasteiger partial charge in [0.05, 0.1) is 5.92 Å². The van der Waals surface area contributed by atoms with E-state index in [1.165, 1.54) is 7.05 Å². The summed E-state index contributed by atoms with van der Waals surface area (Å²) in [5.41, 5.74) is 1.13. The Morgan fingerprint density at radius 1 is 1.09 bits per heavy atom. The maximum Gasteiger partial charge on any atom is 0.318 e. The zero-order valence-electron chi connectivity index (χ0n) is 13.0. The molecule has 3 amide bonds. The van der Waals surface area contributed by atoms with Gasteiger partial charge in [0.15, 0.2) is 0 Å². The number of carbonyl (C=O) groups is 3. The predicted octanol–water partition coefficient (Wildman–Crippen LogP) is 2.27. The molecule has 1 saturated carbocycles. The van der Waals surface area contributed by atoms with Crippen LogP contribution in [0.5, 0.6) is 0 Å². The van der Waals surface area contributed by atoms with E-state index in [4.69, 9.17) is 5.11 Å². The molecule has 7 heteroatoms. The fraction of sp³-hybridized carbons (Fsp3) is 0.438. The van der Waals surface area contributed by atoms with Gasteiger partial charge in [-0.2, -0.15) is 0 Å². The Kier molecular flexibility index (Phi) is 5.56. The molecule has 0 bridgehead atoms. The van der Waals surface area contributed by atoms with Crippen LogP contribution in [0.3, 0.4) is 0 Å². The number of urea groups is 1. The first kappa shape index (κ1) is 16.8. The molecule has 0 aliphatic heterocycles. The Morgan fingerprint density at radius 3 is 2.39 bits per heavy atom. The fourth-order valence-electron chi connectivity index (χ4n) is 2.76. The van der Waals surface area contributed by atoms with Crippen LogP contribution in [0.2, 0.25) is 0 Å². The van der Waals surface area contributed by atoms with Crippen LogP contribution in [-0.4, -0.2) is 30.1 Å². The van der Waals surface area contributed by atoms with Crippen molar-refractivity contribution in [2.75, 3.05) is 17.7 Å². The maximum absolute atomic E-state index is 12.3. The number of amides is 3. The van der Waals surface area contributed by atoms with Gasteiger partial charge in [-0.25, -0.2) is 4.79 Å². The highest BCUT2D eigenvalue weighted by atomic mass is 16.4. The number of anilines is 2. The minimum absolute atomic E-state index is 0.173. The predicted molar refractivity (Wildman–Crippen MR) is 86.2 cm³/mol. The zero-order chi connectivity index (χ0) is 16.8. The molecule has 7 nitrogen and oxygen atoms in total. The van der Waals surface area contributed by atoms with Crippen molar-refractivity contribution in [1.82, 2.24) is 5.32 Å². The molecule has 1 aliphatic rings. The summed E-state index contributed by atoms with van der Waals surface area (Å²) in [6.45, 7) is 0. The molecule has 124 valence electrons. The quantitative estimate of drug-likeness (QED) is 0.682. The van der Waals surface area contributed by atoms with Crippen LogP contribution in [0.25, 0.3) is 0 Å². The number of hydrogen-bond acceptors (Lipinski definition) is 3. The molecule has 2 unspecified atom stereocenters. The molecule has 1 fully saturated rings. The molecule has 0 aromatic heterocycles. The highest BCUT2D eigenvalue weighted by Crippen LogP contribution is 2.30. The molecule has 1 aromatic carbocycles. The van der Waals surface area contributed by atoms with Gasteiger partial charge in [0.1, 0.15) is 0 Å². The third-order valence-corrected chi connectivity index (χ3v) is 4.01. The number of carboxylic acids is 1. The Balaban J connectivity index is 1.98. The molecule has 0 heterocycles. The highest BCUT2D eigenvalue weighted by Gasteiger charge is 2.31. The zero-order valence-corrected chi connectivity index (χ0v) is 13.0. The second kappa shape index (κ2) is 7.62. The molecule has 1 aliphatic carbocycles. The van der Waals surface area contributed by atoms with Crippen LogP contribution in [-0.2, 0) is 9.59 Å². The van der Waals surface area contributed by atoms with Gasteiger partial charge in [0.25, 0.3) is 0 Å². The van der Waals surface area contributed by atoms with E-state index in [0.717, 1.165) is 6.42 Å². The van der Waals surface area contributed by atoms with E-state index >= 15 is 0 Å². The molecular formula is C16H21N3O4. The third kappa shape index (κ3) is 4.70. The molecule has 1 aromatic rings. The largest absolute Gasteiger partial charge is 0.481 e. The van der Waals surface area contributed by atoms with Crippen molar-refractivity contribution in [3.63, 3.8) is 0 Å². The van der Waals surface area contributed by atoms with Gasteiger partial charge in [-0.15, -0.1) is 0 Å². The Bertz CT molecular complexity index is 603. The fourth-order valence-corrected chi connectivity index (χ4v) is 2.76. The average molecular weight is 319 g/mol. The van der Waals surface area contributed by atoms with Crippen molar-refractivity contribution in [3.8, 4) is 0 Å². The van der Waals surface area contributed by atoms with Crippen LogP contribution in [0.15, 0.2) is 24.3 Å². The second-order valence-corrected chi connectivity index (χ2v) is 5.67. The number of carboxylic acid groups (broad SMARTS) is 1. The summed E-state index contributed by atoms with van der Waals surface area (Å²) in [4.78, 5) is 34.7. The standard InChI is InChI=1S/C16H21N3O4/c1-17-16(23)19-13-7-3-6-12(9-13)18-14(20)10-4-2-5-11(8-10)15(21)22/h3,6-7,9-11H,2,4-5,8H2,1H3,(H,18,20)(H,21,22)(H2,17,19,23). The van der Waals surface area contributed by atoms with Crippen LogP contribution >= 0.6 is 0 Å². The second-order valence-electron chi connectivity index (χ2n) is 5.67. The lowest BCUT2D eigenvalue weighted by Crippen LogP contribution is -2.31. The van der Waals surface area contributed by atoms with E-state index < -0.39 is 11.9 Å². The summed E-state index contributed by atoms with van der Waals surface area (Å²) in [6.07, 6.45) is 2.45. The molecule has 0 radical (unpaired) electrons. The number of hydrogen-bond donors (Lipinski definition) is 4. The van der Waals surface area contributed by atoms with Gasteiger partial charge in [-0.05, 0) is 37.5 Å². The van der Waals surface area contributed by atoms with E-state index in [9.17, 15) is 14.4 Å². The number of benzene rings is 1. The van der Waals surface area contributed by atoms with Crippen molar-refractivity contribution in [3.05, 3.63) is 24.3 Å². The van der Waals surface area contributed by atoms with Crippen molar-refractivity contribution in [1.29, 1.82) is 0 Å². The minimum atomic E-state index is -0.834. The van der Waals surface area contributed by atoms with Crippen molar-refractivity contribution in [2.45, 2.75) is 25.7 Å². The van der Waals surface area contributed by atoms with Gasteiger partial charge in [-0.1, -0.05) is 12.5 Å². The lowest BCUT2D eigenvalue weighted by atomic mass is 9.81. The van der Waals surface area contributed by atoms with Gasteiger partial charge >= 0.3 is 12.0 Å². The summed E-state index contributed by atoms with van der Waals surface area (Å²) in [5.74, 6) is -1.74. The molecule has 2 atom stereocenters. The normalized spacial score (nSPS) is 20.4. The summed E-state index contributed by atoms with van der Waals surface area (Å²) in [6, 6.07) is 6.48. The number of nitrogens with one attached hydrogen (secondary N) is 3. The summed E-state index contributed by atoms with van der Waals surface area (Å²) in [5, 5.41) is 17.0. The molecule has 23 heavy (non-hydrogen) atoms. The molecular weight excluding hydrogens is 298 g/mol. The summed E-state index contributed by atoms with van der Waals surface area (Å²) < 4.78 is 0. The highest BCUT2D eigenvalue weighted by molar-refractivity contribution is 5.94. The Labute approximate surface area is 134 Å². The van der Waals surface area contributed by atoms with E-state index in [1.807, 2.05) is 0 Å². The third-order valence-electron chi connectivity index (χ3n) is 4.01. The Morgan fingerprint density at radius 2 is 1.74 bits per heavy atom. The SMILES string of the molecule is CNC(=O)Nc1cccc(NC(=O)C2CCCC(C(=O)O)C2)c1. The number of rotatable bonds is 4. The van der Waals surface area contributed by atoms with E-state index in [-0.39, 0.29) is 17.9 Å². The molecule has 0 saturated heterocycles. The smallest absolute Gasteiger partial charge is 0.318 e. The molecule has 0 spiro atoms. The van der Waals surface area contributed by atoms with Gasteiger partial charge in [0.2, 0.25) is 5.91 Å². The lowest BCUT2D eigenvalue weighted by Gasteiger charge is -2.25. The first-order chi connectivity index (χ1) is 11.0. The number of aliphatic carboxylic acids is 1. The maximum atomic E-state index is 12.3. The van der Waals surface area contributed by atoms with Gasteiger partial charge < -0.3 is 21.1 Å². The first-order valence-corrected chi connectivity index (χ1v) is 7.62. The van der Waals surface area contributed by atoms with Gasteiger partial charge in [0, 0.05) is 24.3 Å². The Hall–Kier alpha value is -2.57.